The van der Waals surface area contributed by atoms with Gasteiger partial charge < -0.3 is 9.80 Å². The molecule has 2 aromatic rings. The molecule has 0 aromatic heterocycles. The molecular weight excluding hydrogens is 409 g/mol. The third-order valence-corrected chi connectivity index (χ3v) is 6.01. The lowest BCUT2D eigenvalue weighted by Gasteiger charge is -2.35. The summed E-state index contributed by atoms with van der Waals surface area (Å²) < 4.78 is 0. The second-order valence-electron chi connectivity index (χ2n) is 5.98. The average molecular weight is 426 g/mol. The summed E-state index contributed by atoms with van der Waals surface area (Å²) in [6.45, 7) is 2.15. The first-order valence-corrected chi connectivity index (χ1v) is 10.0. The van der Waals surface area contributed by atoms with Crippen molar-refractivity contribution < 1.29 is 9.72 Å². The minimum absolute atomic E-state index is 0.0123. The SMILES string of the molecule is O=C(CSc1cc(Cl)ccc1Cl)N1CCN(c2ccccc2[N+](=O)[O-])CC1. The molecule has 142 valence electrons. The van der Waals surface area contributed by atoms with Crippen LogP contribution >= 0.6 is 35.0 Å². The van der Waals surface area contributed by atoms with E-state index in [0.29, 0.717) is 41.9 Å². The van der Waals surface area contributed by atoms with Crippen LogP contribution < -0.4 is 4.90 Å². The molecule has 1 heterocycles. The van der Waals surface area contributed by atoms with Gasteiger partial charge in [0.05, 0.1) is 15.7 Å². The lowest BCUT2D eigenvalue weighted by molar-refractivity contribution is -0.384. The van der Waals surface area contributed by atoms with Crippen molar-refractivity contribution in [3.05, 3.63) is 62.6 Å². The number of nitro benzene ring substituents is 1. The van der Waals surface area contributed by atoms with Gasteiger partial charge in [-0.2, -0.15) is 0 Å². The Hall–Kier alpha value is -1.96. The predicted octanol–water partition coefficient (Wildman–Crippen LogP) is 4.34. The molecule has 1 amide bonds. The maximum atomic E-state index is 12.5. The van der Waals surface area contributed by atoms with Crippen molar-refractivity contribution in [2.24, 2.45) is 0 Å². The summed E-state index contributed by atoms with van der Waals surface area (Å²) >= 11 is 13.5. The zero-order chi connectivity index (χ0) is 19.4. The van der Waals surface area contributed by atoms with Crippen LogP contribution in [0.3, 0.4) is 0 Å². The molecule has 1 fully saturated rings. The van der Waals surface area contributed by atoms with E-state index in [1.54, 1.807) is 41.3 Å². The van der Waals surface area contributed by atoms with Crippen molar-refractivity contribution in [1.29, 1.82) is 0 Å². The van der Waals surface area contributed by atoms with E-state index in [1.807, 2.05) is 4.90 Å². The number of thioether (sulfide) groups is 1. The zero-order valence-electron chi connectivity index (χ0n) is 14.3. The predicted molar refractivity (Wildman–Crippen MR) is 109 cm³/mol. The van der Waals surface area contributed by atoms with Gasteiger partial charge in [0.2, 0.25) is 5.91 Å². The Bertz CT molecular complexity index is 857. The van der Waals surface area contributed by atoms with Crippen molar-refractivity contribution in [2.75, 3.05) is 36.8 Å². The molecular formula is C18H17Cl2N3O3S. The molecule has 0 aliphatic carbocycles. The average Bonchev–Trinajstić information content (AvgIpc) is 2.68. The molecule has 0 radical (unpaired) electrons. The Morgan fingerprint density at radius 3 is 2.52 bits per heavy atom. The lowest BCUT2D eigenvalue weighted by atomic mass is 10.2. The van der Waals surface area contributed by atoms with Gasteiger partial charge in [0.15, 0.2) is 0 Å². The first kappa shape index (κ1) is 19.8. The highest BCUT2D eigenvalue weighted by Gasteiger charge is 2.25. The van der Waals surface area contributed by atoms with Gasteiger partial charge in [0.25, 0.3) is 5.69 Å². The van der Waals surface area contributed by atoms with Gasteiger partial charge in [-0.3, -0.25) is 14.9 Å². The van der Waals surface area contributed by atoms with Crippen molar-refractivity contribution >= 4 is 52.2 Å². The second kappa shape index (κ2) is 8.82. The Morgan fingerprint density at radius 1 is 1.11 bits per heavy atom. The van der Waals surface area contributed by atoms with Crippen molar-refractivity contribution in [3.8, 4) is 0 Å². The minimum Gasteiger partial charge on any atom is -0.362 e. The van der Waals surface area contributed by atoms with E-state index < -0.39 is 0 Å². The molecule has 0 unspecified atom stereocenters. The number of carbonyl (C=O) groups excluding carboxylic acids is 1. The minimum atomic E-state index is -0.377. The van der Waals surface area contributed by atoms with E-state index in [9.17, 15) is 14.9 Å². The summed E-state index contributed by atoms with van der Waals surface area (Å²) in [5.41, 5.74) is 0.679. The van der Waals surface area contributed by atoms with Crippen LogP contribution in [0.15, 0.2) is 47.4 Å². The second-order valence-corrected chi connectivity index (χ2v) is 7.84. The monoisotopic (exact) mass is 425 g/mol. The number of anilines is 1. The van der Waals surface area contributed by atoms with E-state index in [2.05, 4.69) is 0 Å². The molecule has 0 N–H and O–H groups in total. The van der Waals surface area contributed by atoms with E-state index in [-0.39, 0.29) is 22.3 Å². The highest BCUT2D eigenvalue weighted by Crippen LogP contribution is 2.31. The summed E-state index contributed by atoms with van der Waals surface area (Å²) in [6.07, 6.45) is 0. The van der Waals surface area contributed by atoms with Gasteiger partial charge in [0, 0.05) is 42.2 Å². The van der Waals surface area contributed by atoms with Crippen LogP contribution in [-0.2, 0) is 4.79 Å². The summed E-state index contributed by atoms with van der Waals surface area (Å²) in [5, 5.41) is 12.3. The molecule has 2 aromatic carbocycles. The maximum absolute atomic E-state index is 12.5. The van der Waals surface area contributed by atoms with Crippen LogP contribution in [0.2, 0.25) is 10.0 Å². The smallest absolute Gasteiger partial charge is 0.292 e. The summed E-state index contributed by atoms with van der Waals surface area (Å²) in [5.74, 6) is 0.282. The number of para-hydroxylation sites is 2. The Labute approximate surface area is 171 Å². The first-order chi connectivity index (χ1) is 13.0. The summed E-state index contributed by atoms with van der Waals surface area (Å²) in [6, 6.07) is 11.8. The Kier molecular flexibility index (Phi) is 6.46. The fraction of sp³-hybridized carbons (Fsp3) is 0.278. The fourth-order valence-corrected chi connectivity index (χ4v) is 4.30. The van der Waals surface area contributed by atoms with Gasteiger partial charge in [-0.15, -0.1) is 11.8 Å². The highest BCUT2D eigenvalue weighted by molar-refractivity contribution is 8.00. The number of nitro groups is 1. The molecule has 6 nitrogen and oxygen atoms in total. The molecule has 1 saturated heterocycles. The number of benzene rings is 2. The maximum Gasteiger partial charge on any atom is 0.292 e. The molecule has 27 heavy (non-hydrogen) atoms. The number of nitrogens with zero attached hydrogens (tertiary/aromatic N) is 3. The number of piperazine rings is 1. The normalized spacial score (nSPS) is 14.3. The standard InChI is InChI=1S/C18H17Cl2N3O3S/c19-13-5-6-14(20)17(11-13)27-12-18(24)22-9-7-21(8-10-22)15-3-1-2-4-16(15)23(25)26/h1-6,11H,7-10,12H2. The van der Waals surface area contributed by atoms with E-state index >= 15 is 0 Å². The van der Waals surface area contributed by atoms with Gasteiger partial charge >= 0.3 is 0 Å². The molecule has 0 saturated carbocycles. The number of carbonyl (C=O) groups is 1. The molecule has 0 bridgehead atoms. The largest absolute Gasteiger partial charge is 0.362 e. The number of rotatable bonds is 5. The van der Waals surface area contributed by atoms with Crippen LogP contribution in [0, 0.1) is 10.1 Å². The lowest BCUT2D eigenvalue weighted by Crippen LogP contribution is -2.49. The van der Waals surface area contributed by atoms with Crippen LogP contribution in [-0.4, -0.2) is 47.7 Å². The van der Waals surface area contributed by atoms with E-state index in [0.717, 1.165) is 4.90 Å². The van der Waals surface area contributed by atoms with Gasteiger partial charge in [-0.05, 0) is 24.3 Å². The number of amides is 1. The Balaban J connectivity index is 1.57. The Morgan fingerprint density at radius 2 is 1.81 bits per heavy atom. The number of halogens is 2. The van der Waals surface area contributed by atoms with Crippen LogP contribution in [0.25, 0.3) is 0 Å². The zero-order valence-corrected chi connectivity index (χ0v) is 16.6. The molecule has 9 heteroatoms. The van der Waals surface area contributed by atoms with Crippen molar-refractivity contribution in [1.82, 2.24) is 4.90 Å². The molecule has 1 aliphatic heterocycles. The number of hydrogen-bond donors (Lipinski definition) is 0. The molecule has 0 atom stereocenters. The quantitative estimate of drug-likeness (QED) is 0.404. The van der Waals surface area contributed by atoms with Crippen molar-refractivity contribution in [3.63, 3.8) is 0 Å². The van der Waals surface area contributed by atoms with Gasteiger partial charge in [-0.25, -0.2) is 0 Å². The summed E-state index contributed by atoms with van der Waals surface area (Å²) in [7, 11) is 0. The topological polar surface area (TPSA) is 66.7 Å². The van der Waals surface area contributed by atoms with E-state index in [4.69, 9.17) is 23.2 Å². The van der Waals surface area contributed by atoms with Gasteiger partial charge in [0.1, 0.15) is 5.69 Å². The van der Waals surface area contributed by atoms with Crippen molar-refractivity contribution in [2.45, 2.75) is 4.90 Å². The summed E-state index contributed by atoms with van der Waals surface area (Å²) in [4.78, 5) is 27.8. The van der Waals surface area contributed by atoms with Crippen LogP contribution in [0.5, 0.6) is 0 Å². The third-order valence-electron chi connectivity index (χ3n) is 4.30. The van der Waals surface area contributed by atoms with E-state index in [1.165, 1.54) is 17.8 Å². The van der Waals surface area contributed by atoms with Crippen LogP contribution in [0.1, 0.15) is 0 Å². The molecule has 3 rings (SSSR count). The van der Waals surface area contributed by atoms with Gasteiger partial charge in [-0.1, -0.05) is 35.3 Å². The fourth-order valence-electron chi connectivity index (χ4n) is 2.90. The third kappa shape index (κ3) is 4.86. The number of hydrogen-bond acceptors (Lipinski definition) is 5. The molecule has 0 spiro atoms. The van der Waals surface area contributed by atoms with Crippen LogP contribution in [0.4, 0.5) is 11.4 Å². The first-order valence-electron chi connectivity index (χ1n) is 8.29. The highest BCUT2D eigenvalue weighted by atomic mass is 35.5. The molecule has 1 aliphatic rings.